The summed E-state index contributed by atoms with van der Waals surface area (Å²) in [5.41, 5.74) is 1.20. The first kappa shape index (κ1) is 13.0. The molecule has 18 heavy (non-hydrogen) atoms. The Hall–Kier alpha value is -1.49. The van der Waals surface area contributed by atoms with Gasteiger partial charge in [-0.25, -0.2) is 4.68 Å². The Morgan fingerprint density at radius 1 is 1.39 bits per heavy atom. The Kier molecular flexibility index (Phi) is 3.91. The summed E-state index contributed by atoms with van der Waals surface area (Å²) in [6, 6.07) is 10.2. The van der Waals surface area contributed by atoms with Gasteiger partial charge in [-0.3, -0.25) is 0 Å². The lowest BCUT2D eigenvalue weighted by Crippen LogP contribution is -2.08. The lowest BCUT2D eigenvalue weighted by Gasteiger charge is -2.14. The van der Waals surface area contributed by atoms with Gasteiger partial charge in [0.05, 0.1) is 13.2 Å². The van der Waals surface area contributed by atoms with Crippen LogP contribution >= 0.6 is 15.9 Å². The van der Waals surface area contributed by atoms with Crippen molar-refractivity contribution < 1.29 is 4.74 Å². The maximum absolute atomic E-state index is 5.19. The molecule has 1 unspecified atom stereocenters. The largest absolute Gasteiger partial charge is 0.481 e. The van der Waals surface area contributed by atoms with Gasteiger partial charge in [-0.15, -0.1) is 0 Å². The lowest BCUT2D eigenvalue weighted by atomic mass is 10.1. The molecule has 0 aliphatic heterocycles. The highest BCUT2D eigenvalue weighted by molar-refractivity contribution is 9.10. The number of nitrogens with zero attached hydrogens (tertiary/aromatic N) is 2. The van der Waals surface area contributed by atoms with Gasteiger partial charge in [0.2, 0.25) is 5.88 Å². The Labute approximate surface area is 115 Å². The Morgan fingerprint density at radius 2 is 2.11 bits per heavy atom. The second kappa shape index (κ2) is 5.44. The summed E-state index contributed by atoms with van der Waals surface area (Å²) in [7, 11) is 3.49. The predicted octanol–water partition coefficient (Wildman–Crippen LogP) is 3.36. The summed E-state index contributed by atoms with van der Waals surface area (Å²) < 4.78 is 7.98. The van der Waals surface area contributed by atoms with Crippen LogP contribution in [-0.2, 0) is 7.05 Å². The van der Waals surface area contributed by atoms with E-state index >= 15 is 0 Å². The average Bonchev–Trinajstić information content (AvgIpc) is 2.69. The van der Waals surface area contributed by atoms with Crippen molar-refractivity contribution in [3.05, 3.63) is 40.4 Å². The van der Waals surface area contributed by atoms with Gasteiger partial charge < -0.3 is 10.1 Å². The number of anilines is 1. The fraction of sp³-hybridized carbons (Fsp3) is 0.308. The predicted molar refractivity (Wildman–Crippen MR) is 75.9 cm³/mol. The van der Waals surface area contributed by atoms with E-state index in [1.54, 1.807) is 11.8 Å². The first-order valence-corrected chi connectivity index (χ1v) is 6.50. The normalized spacial score (nSPS) is 12.2. The number of ether oxygens (including phenoxy) is 1. The standard InChI is InChI=1S/C13H16BrN3O/c1-9(10-6-4-5-7-11(10)14)15-12-8-13(18-3)17(2)16-12/h4-9H,1-3H3,(H,15,16). The monoisotopic (exact) mass is 309 g/mol. The number of hydrogen-bond donors (Lipinski definition) is 1. The Balaban J connectivity index is 2.16. The van der Waals surface area contributed by atoms with Gasteiger partial charge in [0.25, 0.3) is 0 Å². The first-order chi connectivity index (χ1) is 8.61. The molecule has 2 aromatic rings. The number of methoxy groups -OCH3 is 1. The van der Waals surface area contributed by atoms with E-state index in [1.165, 1.54) is 5.56 Å². The molecule has 0 amide bonds. The van der Waals surface area contributed by atoms with Crippen molar-refractivity contribution >= 4 is 21.7 Å². The molecule has 0 bridgehead atoms. The molecule has 0 aliphatic carbocycles. The van der Waals surface area contributed by atoms with Crippen LogP contribution < -0.4 is 10.1 Å². The number of halogens is 1. The van der Waals surface area contributed by atoms with Gasteiger partial charge in [-0.05, 0) is 18.6 Å². The minimum atomic E-state index is 0.167. The molecule has 96 valence electrons. The summed E-state index contributed by atoms with van der Waals surface area (Å²) in [6.45, 7) is 2.10. The molecule has 1 atom stereocenters. The fourth-order valence-electron chi connectivity index (χ4n) is 1.84. The lowest BCUT2D eigenvalue weighted by molar-refractivity contribution is 0.373. The van der Waals surface area contributed by atoms with Crippen molar-refractivity contribution in [2.75, 3.05) is 12.4 Å². The summed E-state index contributed by atoms with van der Waals surface area (Å²) in [4.78, 5) is 0. The van der Waals surface area contributed by atoms with Crippen molar-refractivity contribution in [1.29, 1.82) is 0 Å². The third-order valence-electron chi connectivity index (χ3n) is 2.78. The van der Waals surface area contributed by atoms with Crippen LogP contribution in [0.4, 0.5) is 5.82 Å². The molecule has 1 N–H and O–H groups in total. The van der Waals surface area contributed by atoms with E-state index in [0.29, 0.717) is 0 Å². The zero-order valence-electron chi connectivity index (χ0n) is 10.6. The van der Waals surface area contributed by atoms with Gasteiger partial charge in [0.1, 0.15) is 0 Å². The van der Waals surface area contributed by atoms with E-state index in [9.17, 15) is 0 Å². The molecule has 4 nitrogen and oxygen atoms in total. The van der Waals surface area contributed by atoms with E-state index in [2.05, 4.69) is 39.3 Å². The second-order valence-electron chi connectivity index (χ2n) is 4.08. The van der Waals surface area contributed by atoms with Crippen LogP contribution in [0.5, 0.6) is 5.88 Å². The number of nitrogens with one attached hydrogen (secondary N) is 1. The molecule has 0 saturated carbocycles. The van der Waals surface area contributed by atoms with Crippen LogP contribution in [0, 0.1) is 0 Å². The highest BCUT2D eigenvalue weighted by atomic mass is 79.9. The van der Waals surface area contributed by atoms with Crippen molar-refractivity contribution in [3.8, 4) is 5.88 Å². The van der Waals surface area contributed by atoms with Crippen molar-refractivity contribution in [2.45, 2.75) is 13.0 Å². The first-order valence-electron chi connectivity index (χ1n) is 5.71. The minimum Gasteiger partial charge on any atom is -0.481 e. The fourth-order valence-corrected chi connectivity index (χ4v) is 2.47. The summed E-state index contributed by atoms with van der Waals surface area (Å²) in [5.74, 6) is 1.54. The maximum Gasteiger partial charge on any atom is 0.213 e. The summed E-state index contributed by atoms with van der Waals surface area (Å²) in [6.07, 6.45) is 0. The number of benzene rings is 1. The minimum absolute atomic E-state index is 0.167. The number of aryl methyl sites for hydroxylation is 1. The van der Waals surface area contributed by atoms with Gasteiger partial charge in [0, 0.05) is 17.6 Å². The van der Waals surface area contributed by atoms with E-state index < -0.39 is 0 Å². The quantitative estimate of drug-likeness (QED) is 0.941. The number of hydrogen-bond acceptors (Lipinski definition) is 3. The molecule has 0 spiro atoms. The van der Waals surface area contributed by atoms with E-state index in [-0.39, 0.29) is 6.04 Å². The van der Waals surface area contributed by atoms with Crippen LogP contribution in [0.25, 0.3) is 0 Å². The van der Waals surface area contributed by atoms with Gasteiger partial charge >= 0.3 is 0 Å². The second-order valence-corrected chi connectivity index (χ2v) is 4.94. The van der Waals surface area contributed by atoms with Crippen LogP contribution in [-0.4, -0.2) is 16.9 Å². The van der Waals surface area contributed by atoms with E-state index in [4.69, 9.17) is 4.74 Å². The topological polar surface area (TPSA) is 39.1 Å². The highest BCUT2D eigenvalue weighted by Crippen LogP contribution is 2.26. The van der Waals surface area contributed by atoms with E-state index in [0.717, 1.165) is 16.2 Å². The third-order valence-corrected chi connectivity index (χ3v) is 3.50. The Bertz CT molecular complexity index is 539. The summed E-state index contributed by atoms with van der Waals surface area (Å²) >= 11 is 3.55. The van der Waals surface area contributed by atoms with Gasteiger partial charge in [-0.2, -0.15) is 5.10 Å². The molecule has 1 heterocycles. The van der Waals surface area contributed by atoms with Crippen LogP contribution in [0.1, 0.15) is 18.5 Å². The molecule has 5 heteroatoms. The van der Waals surface area contributed by atoms with Crippen LogP contribution in [0.15, 0.2) is 34.8 Å². The maximum atomic E-state index is 5.19. The zero-order chi connectivity index (χ0) is 13.1. The molecule has 2 rings (SSSR count). The zero-order valence-corrected chi connectivity index (χ0v) is 12.2. The smallest absolute Gasteiger partial charge is 0.213 e. The van der Waals surface area contributed by atoms with Crippen LogP contribution in [0.2, 0.25) is 0 Å². The number of rotatable bonds is 4. The molecule has 0 radical (unpaired) electrons. The summed E-state index contributed by atoms with van der Waals surface area (Å²) in [5, 5.41) is 7.69. The molecule has 0 saturated heterocycles. The van der Waals surface area contributed by atoms with E-state index in [1.807, 2.05) is 31.3 Å². The third kappa shape index (κ3) is 2.67. The van der Waals surface area contributed by atoms with Crippen LogP contribution in [0.3, 0.4) is 0 Å². The Morgan fingerprint density at radius 3 is 2.72 bits per heavy atom. The SMILES string of the molecule is COc1cc(NC(C)c2ccccc2Br)nn1C. The number of aromatic nitrogens is 2. The molecule has 0 aliphatic rings. The van der Waals surface area contributed by atoms with Crippen molar-refractivity contribution in [3.63, 3.8) is 0 Å². The molecule has 1 aromatic heterocycles. The highest BCUT2D eigenvalue weighted by Gasteiger charge is 2.11. The van der Waals surface area contributed by atoms with Crippen molar-refractivity contribution in [1.82, 2.24) is 9.78 Å². The molecule has 0 fully saturated rings. The van der Waals surface area contributed by atoms with Crippen molar-refractivity contribution in [2.24, 2.45) is 7.05 Å². The van der Waals surface area contributed by atoms with Gasteiger partial charge in [0.15, 0.2) is 5.82 Å². The molecule has 1 aromatic carbocycles. The average molecular weight is 310 g/mol. The molecular formula is C13H16BrN3O. The molecular weight excluding hydrogens is 294 g/mol. The van der Waals surface area contributed by atoms with Gasteiger partial charge in [-0.1, -0.05) is 34.1 Å².